The van der Waals surface area contributed by atoms with E-state index in [-0.39, 0.29) is 0 Å². The van der Waals surface area contributed by atoms with Gasteiger partial charge in [-0.25, -0.2) is 0 Å². The van der Waals surface area contributed by atoms with Crippen molar-refractivity contribution in [2.24, 2.45) is 17.8 Å². The van der Waals surface area contributed by atoms with E-state index in [0.717, 1.165) is 34.9 Å². The minimum atomic E-state index is 0.465. The number of nitrogens with one attached hydrogen (secondary N) is 1. The highest BCUT2D eigenvalue weighted by Gasteiger charge is 2.38. The molecule has 3 heteroatoms. The molecule has 3 rings (SSSR count). The molecule has 108 valence electrons. The van der Waals surface area contributed by atoms with Crippen molar-refractivity contribution in [2.45, 2.75) is 25.8 Å². The summed E-state index contributed by atoms with van der Waals surface area (Å²) in [7, 11) is 3.37. The van der Waals surface area contributed by atoms with Crippen molar-refractivity contribution in [1.82, 2.24) is 0 Å². The number of ether oxygens (including phenoxy) is 2. The topological polar surface area (TPSA) is 30.5 Å². The molecule has 0 spiro atoms. The Morgan fingerprint density at radius 1 is 1.05 bits per heavy atom. The van der Waals surface area contributed by atoms with Gasteiger partial charge in [-0.1, -0.05) is 12.2 Å². The highest BCUT2D eigenvalue weighted by atomic mass is 16.5. The minimum absolute atomic E-state index is 0.465. The highest BCUT2D eigenvalue weighted by Crippen LogP contribution is 2.45. The first-order valence-corrected chi connectivity index (χ1v) is 7.37. The zero-order chi connectivity index (χ0) is 14.1. The average Bonchev–Trinajstić information content (AvgIpc) is 3.09. The number of fused-ring (bicyclic) bond motifs is 2. The summed E-state index contributed by atoms with van der Waals surface area (Å²) in [4.78, 5) is 0. The Hall–Kier alpha value is -1.64. The van der Waals surface area contributed by atoms with Gasteiger partial charge in [0.2, 0.25) is 0 Å². The van der Waals surface area contributed by atoms with E-state index in [4.69, 9.17) is 9.47 Å². The molecule has 2 aliphatic carbocycles. The number of rotatable bonds is 5. The lowest BCUT2D eigenvalue weighted by molar-refractivity contribution is 0.391. The Morgan fingerprint density at radius 3 is 2.25 bits per heavy atom. The molecule has 1 aromatic carbocycles. The Balaban J connectivity index is 1.72. The van der Waals surface area contributed by atoms with E-state index < -0.39 is 0 Å². The van der Waals surface area contributed by atoms with Gasteiger partial charge >= 0.3 is 0 Å². The van der Waals surface area contributed by atoms with Crippen LogP contribution < -0.4 is 14.8 Å². The van der Waals surface area contributed by atoms with Gasteiger partial charge in [0, 0.05) is 29.9 Å². The van der Waals surface area contributed by atoms with E-state index in [2.05, 4.69) is 24.4 Å². The molecule has 2 bridgehead atoms. The molecular weight excluding hydrogens is 250 g/mol. The quantitative estimate of drug-likeness (QED) is 0.829. The minimum Gasteiger partial charge on any atom is -0.497 e. The van der Waals surface area contributed by atoms with Gasteiger partial charge < -0.3 is 14.8 Å². The predicted octanol–water partition coefficient (Wildman–Crippen LogP) is 3.72. The van der Waals surface area contributed by atoms with Crippen molar-refractivity contribution in [3.05, 3.63) is 30.4 Å². The largest absolute Gasteiger partial charge is 0.497 e. The van der Waals surface area contributed by atoms with Crippen molar-refractivity contribution in [1.29, 1.82) is 0 Å². The van der Waals surface area contributed by atoms with Crippen molar-refractivity contribution in [3.8, 4) is 11.5 Å². The van der Waals surface area contributed by atoms with Crippen LogP contribution in [0.1, 0.15) is 19.8 Å². The van der Waals surface area contributed by atoms with Crippen LogP contribution >= 0.6 is 0 Å². The molecule has 1 saturated carbocycles. The summed E-state index contributed by atoms with van der Waals surface area (Å²) in [6.07, 6.45) is 7.46. The molecular formula is C17H23NO2. The molecule has 2 aliphatic rings. The van der Waals surface area contributed by atoms with Gasteiger partial charge in [0.25, 0.3) is 0 Å². The average molecular weight is 273 g/mol. The fourth-order valence-electron chi connectivity index (χ4n) is 3.66. The predicted molar refractivity (Wildman–Crippen MR) is 81.5 cm³/mol. The summed E-state index contributed by atoms with van der Waals surface area (Å²) in [6, 6.07) is 6.42. The van der Waals surface area contributed by atoms with Crippen molar-refractivity contribution < 1.29 is 9.47 Å². The summed E-state index contributed by atoms with van der Waals surface area (Å²) < 4.78 is 10.6. The summed E-state index contributed by atoms with van der Waals surface area (Å²) in [5, 5.41) is 3.62. The van der Waals surface area contributed by atoms with Crippen LogP contribution in [-0.2, 0) is 0 Å². The monoisotopic (exact) mass is 273 g/mol. The zero-order valence-corrected chi connectivity index (χ0v) is 12.4. The Bertz CT molecular complexity index is 489. The lowest BCUT2D eigenvalue weighted by atomic mass is 9.87. The molecule has 0 aromatic heterocycles. The van der Waals surface area contributed by atoms with Crippen molar-refractivity contribution in [3.63, 3.8) is 0 Å². The first-order chi connectivity index (χ1) is 9.69. The van der Waals surface area contributed by atoms with Crippen LogP contribution in [0.3, 0.4) is 0 Å². The lowest BCUT2D eigenvalue weighted by Gasteiger charge is -2.27. The number of hydrogen-bond acceptors (Lipinski definition) is 3. The van der Waals surface area contributed by atoms with E-state index in [1.54, 1.807) is 14.2 Å². The van der Waals surface area contributed by atoms with Gasteiger partial charge in [0.1, 0.15) is 11.5 Å². The SMILES string of the molecule is COc1cc(NC(C)C2CC3C=CC2C3)cc(OC)c1. The van der Waals surface area contributed by atoms with Gasteiger partial charge in [0.05, 0.1) is 14.2 Å². The smallest absolute Gasteiger partial charge is 0.124 e. The summed E-state index contributed by atoms with van der Waals surface area (Å²) in [5.74, 6) is 3.96. The van der Waals surface area contributed by atoms with Gasteiger partial charge in [-0.3, -0.25) is 0 Å². The molecule has 1 N–H and O–H groups in total. The second kappa shape index (κ2) is 5.39. The van der Waals surface area contributed by atoms with E-state index in [0.29, 0.717) is 6.04 Å². The Kier molecular flexibility index (Phi) is 3.60. The number of methoxy groups -OCH3 is 2. The molecule has 1 fully saturated rings. The normalized spacial score (nSPS) is 28.4. The Labute approximate surface area is 121 Å². The number of allylic oxidation sites excluding steroid dienone is 2. The van der Waals surface area contributed by atoms with Crippen molar-refractivity contribution >= 4 is 5.69 Å². The molecule has 3 nitrogen and oxygen atoms in total. The molecule has 0 amide bonds. The number of benzene rings is 1. The van der Waals surface area contributed by atoms with Gasteiger partial charge in [0.15, 0.2) is 0 Å². The first-order valence-electron chi connectivity index (χ1n) is 7.37. The van der Waals surface area contributed by atoms with Crippen LogP contribution in [0.2, 0.25) is 0 Å². The fourth-order valence-corrected chi connectivity index (χ4v) is 3.66. The third-order valence-electron chi connectivity index (χ3n) is 4.72. The molecule has 4 atom stereocenters. The molecule has 1 aromatic rings. The van der Waals surface area contributed by atoms with Crippen LogP contribution in [0.15, 0.2) is 30.4 Å². The second-order valence-electron chi connectivity index (χ2n) is 5.98. The fraction of sp³-hybridized carbons (Fsp3) is 0.529. The van der Waals surface area contributed by atoms with E-state index >= 15 is 0 Å². The van der Waals surface area contributed by atoms with E-state index in [9.17, 15) is 0 Å². The maximum atomic E-state index is 5.32. The maximum Gasteiger partial charge on any atom is 0.124 e. The zero-order valence-electron chi connectivity index (χ0n) is 12.4. The maximum absolute atomic E-state index is 5.32. The molecule has 20 heavy (non-hydrogen) atoms. The molecule has 0 heterocycles. The van der Waals surface area contributed by atoms with Crippen LogP contribution in [0.25, 0.3) is 0 Å². The molecule has 0 saturated heterocycles. The van der Waals surface area contributed by atoms with Crippen LogP contribution in [0.4, 0.5) is 5.69 Å². The summed E-state index contributed by atoms with van der Waals surface area (Å²) >= 11 is 0. The van der Waals surface area contributed by atoms with Crippen LogP contribution in [0.5, 0.6) is 11.5 Å². The van der Waals surface area contributed by atoms with Gasteiger partial charge in [-0.05, 0) is 37.5 Å². The Morgan fingerprint density at radius 2 is 1.75 bits per heavy atom. The number of anilines is 1. The molecule has 4 unspecified atom stereocenters. The summed E-state index contributed by atoms with van der Waals surface area (Å²) in [6.45, 7) is 2.28. The second-order valence-corrected chi connectivity index (χ2v) is 5.98. The summed E-state index contributed by atoms with van der Waals surface area (Å²) in [5.41, 5.74) is 1.07. The molecule has 0 aliphatic heterocycles. The van der Waals surface area contributed by atoms with Gasteiger partial charge in [-0.15, -0.1) is 0 Å². The highest BCUT2D eigenvalue weighted by molar-refractivity contribution is 5.54. The van der Waals surface area contributed by atoms with Crippen LogP contribution in [0, 0.1) is 17.8 Å². The third-order valence-corrected chi connectivity index (χ3v) is 4.72. The standard InChI is InChI=1S/C17H23NO2/c1-11(17-7-12-4-5-13(17)6-12)18-14-8-15(19-2)10-16(9-14)20-3/h4-5,8-13,17-18H,6-7H2,1-3H3. The first kappa shape index (κ1) is 13.3. The van der Waals surface area contributed by atoms with Gasteiger partial charge in [-0.2, -0.15) is 0 Å². The lowest BCUT2D eigenvalue weighted by Crippen LogP contribution is -2.28. The number of hydrogen-bond donors (Lipinski definition) is 1. The molecule has 0 radical (unpaired) electrons. The van der Waals surface area contributed by atoms with Crippen molar-refractivity contribution in [2.75, 3.05) is 19.5 Å². The van der Waals surface area contributed by atoms with E-state index in [1.165, 1.54) is 12.8 Å². The third kappa shape index (κ3) is 2.49. The van der Waals surface area contributed by atoms with Crippen LogP contribution in [-0.4, -0.2) is 20.3 Å². The van der Waals surface area contributed by atoms with E-state index in [1.807, 2.05) is 18.2 Å².